The van der Waals surface area contributed by atoms with E-state index in [1.54, 1.807) is 12.1 Å². The summed E-state index contributed by atoms with van der Waals surface area (Å²) < 4.78 is 5.76. The predicted octanol–water partition coefficient (Wildman–Crippen LogP) is -0.694. The Balaban J connectivity index is 1.96. The number of rotatable bonds is 6. The molecule has 1 aromatic rings. The summed E-state index contributed by atoms with van der Waals surface area (Å²) in [5, 5.41) is 16.6. The van der Waals surface area contributed by atoms with Gasteiger partial charge in [-0.15, -0.1) is 0 Å². The van der Waals surface area contributed by atoms with Gasteiger partial charge in [-0.05, 0) is 31.0 Å². The third-order valence-electron chi connectivity index (χ3n) is 2.81. The largest absolute Gasteiger partial charge is 0.546 e. The molecule has 1 aliphatic rings. The molecule has 0 aliphatic heterocycles. The summed E-state index contributed by atoms with van der Waals surface area (Å²) in [6.07, 6.45) is 3.00. The highest BCUT2D eigenvalue weighted by Gasteiger charge is 2.26. The Morgan fingerprint density at radius 2 is 2.09 bits per heavy atom. The Morgan fingerprint density at radius 3 is 2.74 bits per heavy atom. The fourth-order valence-corrected chi connectivity index (χ4v) is 1.96. The van der Waals surface area contributed by atoms with Gasteiger partial charge in [0, 0.05) is 16.1 Å². The van der Waals surface area contributed by atoms with Crippen LogP contribution in [0.15, 0.2) is 27.8 Å². The first kappa shape index (κ1) is 16.9. The second-order valence-electron chi connectivity index (χ2n) is 4.79. The summed E-state index contributed by atoms with van der Waals surface area (Å²) in [5.74, 6) is -2.73. The van der Waals surface area contributed by atoms with E-state index in [-0.39, 0.29) is 11.8 Å². The molecule has 23 heavy (non-hydrogen) atoms. The molecule has 1 aliphatic carbocycles. The molecular weight excluding hydrogens is 370 g/mol. The highest BCUT2D eigenvalue weighted by atomic mass is 79.9. The van der Waals surface area contributed by atoms with Crippen molar-refractivity contribution in [2.24, 2.45) is 5.10 Å². The third kappa shape index (κ3) is 5.70. The molecule has 0 unspecified atom stereocenters. The minimum Gasteiger partial charge on any atom is -0.546 e. The van der Waals surface area contributed by atoms with Gasteiger partial charge in [0.15, 0.2) is 0 Å². The zero-order chi connectivity index (χ0) is 16.8. The molecule has 0 saturated heterocycles. The standard InChI is InChI=1S/C14H14BrN3O5/c15-9-1-4-11(23-7-12(19)20)8(5-9)6-16-18-14(22)13(21)17-10-2-3-10/h1,4-6,10H,2-3,7H2,(H,17,21)(H,18,22)(H,19,20)/p-1/b16-6-. The molecule has 0 atom stereocenters. The van der Waals surface area contributed by atoms with E-state index < -0.39 is 24.4 Å². The molecule has 0 spiro atoms. The van der Waals surface area contributed by atoms with Gasteiger partial charge in [0.1, 0.15) is 12.4 Å². The number of hydrogen-bond donors (Lipinski definition) is 2. The number of ether oxygens (including phenoxy) is 1. The van der Waals surface area contributed by atoms with Crippen LogP contribution in [0, 0.1) is 0 Å². The second kappa shape index (κ2) is 7.73. The van der Waals surface area contributed by atoms with Crippen molar-refractivity contribution in [2.75, 3.05) is 6.61 Å². The maximum Gasteiger partial charge on any atom is 0.329 e. The van der Waals surface area contributed by atoms with Crippen LogP contribution in [0.25, 0.3) is 0 Å². The number of nitrogens with zero attached hydrogens (tertiary/aromatic N) is 1. The minimum atomic E-state index is -1.36. The van der Waals surface area contributed by atoms with Crippen LogP contribution < -0.4 is 20.6 Å². The number of nitrogens with one attached hydrogen (secondary N) is 2. The number of carboxylic acids is 1. The molecule has 1 aromatic carbocycles. The highest BCUT2D eigenvalue weighted by molar-refractivity contribution is 9.10. The molecule has 9 heteroatoms. The smallest absolute Gasteiger partial charge is 0.329 e. The quantitative estimate of drug-likeness (QED) is 0.383. The Morgan fingerprint density at radius 1 is 1.35 bits per heavy atom. The molecule has 1 fully saturated rings. The number of benzene rings is 1. The summed E-state index contributed by atoms with van der Waals surface area (Å²) in [6.45, 7) is -0.612. The van der Waals surface area contributed by atoms with Crippen LogP contribution in [0.4, 0.5) is 0 Å². The third-order valence-corrected chi connectivity index (χ3v) is 3.30. The average molecular weight is 383 g/mol. The monoisotopic (exact) mass is 382 g/mol. The van der Waals surface area contributed by atoms with Gasteiger partial charge in [0.05, 0.1) is 12.2 Å². The number of amides is 2. The normalized spacial score (nSPS) is 13.6. The first-order valence-corrected chi connectivity index (χ1v) is 7.51. The van der Waals surface area contributed by atoms with Crippen LogP contribution >= 0.6 is 15.9 Å². The lowest BCUT2D eigenvalue weighted by Gasteiger charge is -2.09. The number of carbonyl (C=O) groups excluding carboxylic acids is 3. The van der Waals surface area contributed by atoms with E-state index in [0.717, 1.165) is 12.8 Å². The first-order chi connectivity index (χ1) is 11.0. The van der Waals surface area contributed by atoms with Crippen LogP contribution in [0.2, 0.25) is 0 Å². The highest BCUT2D eigenvalue weighted by Crippen LogP contribution is 2.21. The van der Waals surface area contributed by atoms with Gasteiger partial charge in [-0.1, -0.05) is 15.9 Å². The Kier molecular flexibility index (Phi) is 5.69. The summed E-state index contributed by atoms with van der Waals surface area (Å²) in [6, 6.07) is 4.89. The van der Waals surface area contributed by atoms with Gasteiger partial charge in [0.25, 0.3) is 0 Å². The lowest BCUT2D eigenvalue weighted by atomic mass is 10.2. The molecule has 2 N–H and O–H groups in total. The molecule has 0 bridgehead atoms. The van der Waals surface area contributed by atoms with Crippen molar-refractivity contribution in [2.45, 2.75) is 18.9 Å². The van der Waals surface area contributed by atoms with E-state index in [9.17, 15) is 19.5 Å². The molecule has 2 amide bonds. The molecule has 1 saturated carbocycles. The van der Waals surface area contributed by atoms with Gasteiger partial charge in [0.2, 0.25) is 0 Å². The Bertz CT molecular complexity index is 658. The van der Waals surface area contributed by atoms with E-state index in [2.05, 4.69) is 31.8 Å². The van der Waals surface area contributed by atoms with Gasteiger partial charge in [-0.2, -0.15) is 5.10 Å². The minimum absolute atomic E-state index is 0.0759. The van der Waals surface area contributed by atoms with Crippen molar-refractivity contribution in [1.82, 2.24) is 10.7 Å². The summed E-state index contributed by atoms with van der Waals surface area (Å²) in [4.78, 5) is 33.4. The maximum atomic E-state index is 11.5. The number of carbonyl (C=O) groups is 3. The Hall–Kier alpha value is -2.42. The van der Waals surface area contributed by atoms with Gasteiger partial charge < -0.3 is 20.0 Å². The molecular formula is C14H13BrN3O5-. The topological polar surface area (TPSA) is 120 Å². The van der Waals surface area contributed by atoms with Crippen molar-refractivity contribution in [1.29, 1.82) is 0 Å². The van der Waals surface area contributed by atoms with E-state index in [4.69, 9.17) is 4.74 Å². The fraction of sp³-hybridized carbons (Fsp3) is 0.286. The fourth-order valence-electron chi connectivity index (χ4n) is 1.58. The van der Waals surface area contributed by atoms with Gasteiger partial charge in [-0.3, -0.25) is 9.59 Å². The second-order valence-corrected chi connectivity index (χ2v) is 5.71. The molecule has 0 aromatic heterocycles. The zero-order valence-corrected chi connectivity index (χ0v) is 13.5. The Labute approximate surface area is 140 Å². The maximum absolute atomic E-state index is 11.5. The summed E-state index contributed by atoms with van der Waals surface area (Å²) in [7, 11) is 0. The van der Waals surface area contributed by atoms with Crippen LogP contribution in [0.3, 0.4) is 0 Å². The number of aliphatic carboxylic acids is 1. The predicted molar refractivity (Wildman–Crippen MR) is 81.5 cm³/mol. The first-order valence-electron chi connectivity index (χ1n) is 6.72. The van der Waals surface area contributed by atoms with Gasteiger partial charge in [-0.25, -0.2) is 5.43 Å². The molecule has 8 nitrogen and oxygen atoms in total. The van der Waals surface area contributed by atoms with Crippen molar-refractivity contribution < 1.29 is 24.2 Å². The van der Waals surface area contributed by atoms with E-state index >= 15 is 0 Å². The van der Waals surface area contributed by atoms with Crippen molar-refractivity contribution in [3.8, 4) is 5.75 Å². The molecule has 2 rings (SSSR count). The van der Waals surface area contributed by atoms with Crippen molar-refractivity contribution in [3.63, 3.8) is 0 Å². The number of halogens is 1. The SMILES string of the molecule is O=C([O-])COc1ccc(Br)cc1/C=N\NC(=O)C(=O)NC1CC1. The van der Waals surface area contributed by atoms with Crippen LogP contribution in [-0.4, -0.2) is 36.6 Å². The van der Waals surface area contributed by atoms with E-state index in [1.165, 1.54) is 12.3 Å². The number of hydrogen-bond acceptors (Lipinski definition) is 6. The zero-order valence-electron chi connectivity index (χ0n) is 11.9. The van der Waals surface area contributed by atoms with Crippen molar-refractivity contribution in [3.05, 3.63) is 28.2 Å². The summed E-state index contributed by atoms with van der Waals surface area (Å²) in [5.41, 5.74) is 2.51. The van der Waals surface area contributed by atoms with Crippen LogP contribution in [0.1, 0.15) is 18.4 Å². The molecule has 0 heterocycles. The average Bonchev–Trinajstić information content (AvgIpc) is 3.30. The number of hydrazone groups is 1. The molecule has 0 radical (unpaired) electrons. The van der Waals surface area contributed by atoms with Crippen LogP contribution in [0.5, 0.6) is 5.75 Å². The molecule has 122 valence electrons. The van der Waals surface area contributed by atoms with Gasteiger partial charge >= 0.3 is 11.8 Å². The van der Waals surface area contributed by atoms with E-state index in [1.807, 2.05) is 0 Å². The van der Waals surface area contributed by atoms with Crippen LogP contribution in [-0.2, 0) is 14.4 Å². The summed E-state index contributed by atoms with van der Waals surface area (Å²) >= 11 is 3.26. The number of carboxylic acid groups (broad SMARTS) is 1. The van der Waals surface area contributed by atoms with E-state index in [0.29, 0.717) is 10.0 Å². The van der Waals surface area contributed by atoms with Crippen molar-refractivity contribution >= 4 is 39.9 Å². The lowest BCUT2D eigenvalue weighted by Crippen LogP contribution is -2.38. The lowest BCUT2D eigenvalue weighted by molar-refractivity contribution is -0.307.